The lowest BCUT2D eigenvalue weighted by molar-refractivity contribution is -0.130. The number of thioether (sulfide) groups is 1. The Balaban J connectivity index is 1.63. The van der Waals surface area contributed by atoms with Crippen molar-refractivity contribution in [1.82, 2.24) is 19.5 Å². The van der Waals surface area contributed by atoms with Crippen molar-refractivity contribution in [2.24, 2.45) is 5.92 Å². The summed E-state index contributed by atoms with van der Waals surface area (Å²) in [6.07, 6.45) is 2.32. The molecule has 1 aliphatic rings. The predicted octanol–water partition coefficient (Wildman–Crippen LogP) is 3.85. The number of aryl methyl sites for hydroxylation is 2. The van der Waals surface area contributed by atoms with E-state index in [0.29, 0.717) is 11.7 Å². The number of nitrogens with zero attached hydrogens (tertiary/aromatic N) is 4. The minimum Gasteiger partial charge on any atom is -0.342 e. The van der Waals surface area contributed by atoms with Crippen molar-refractivity contribution >= 4 is 34.2 Å². The molecule has 1 atom stereocenters. The minimum atomic E-state index is 0.200. The topological polar surface area (TPSA) is 50.5 Å². The van der Waals surface area contributed by atoms with Crippen LogP contribution < -0.4 is 0 Å². The van der Waals surface area contributed by atoms with Gasteiger partial charge in [-0.3, -0.25) is 9.20 Å². The van der Waals surface area contributed by atoms with Crippen molar-refractivity contribution in [3.63, 3.8) is 0 Å². The number of rotatable bonds is 3. The van der Waals surface area contributed by atoms with Crippen LogP contribution in [-0.4, -0.2) is 44.2 Å². The van der Waals surface area contributed by atoms with E-state index in [0.717, 1.165) is 41.4 Å². The van der Waals surface area contributed by atoms with E-state index in [2.05, 4.69) is 59.6 Å². The van der Waals surface area contributed by atoms with Crippen LogP contribution in [0.4, 0.5) is 0 Å². The van der Waals surface area contributed by atoms with Crippen LogP contribution >= 0.6 is 11.8 Å². The van der Waals surface area contributed by atoms with Gasteiger partial charge in [0.1, 0.15) is 0 Å². The number of hydrogen-bond donors (Lipinski definition) is 0. The normalized spacial score (nSPS) is 18.0. The van der Waals surface area contributed by atoms with Crippen molar-refractivity contribution in [1.29, 1.82) is 0 Å². The van der Waals surface area contributed by atoms with Crippen LogP contribution in [0, 0.1) is 19.8 Å². The van der Waals surface area contributed by atoms with E-state index < -0.39 is 0 Å². The Morgan fingerprint density at radius 1 is 1.27 bits per heavy atom. The molecule has 0 saturated carbocycles. The molecule has 2 aromatic heterocycles. The first-order chi connectivity index (χ1) is 12.5. The largest absolute Gasteiger partial charge is 0.342 e. The second kappa shape index (κ2) is 6.91. The van der Waals surface area contributed by atoms with Gasteiger partial charge in [-0.2, -0.15) is 0 Å². The van der Waals surface area contributed by atoms with E-state index >= 15 is 0 Å². The van der Waals surface area contributed by atoms with E-state index in [1.165, 1.54) is 29.1 Å². The van der Waals surface area contributed by atoms with E-state index in [9.17, 15) is 4.79 Å². The molecule has 3 aromatic rings. The molecular formula is C20H24N4OS. The fourth-order valence-corrected chi connectivity index (χ4v) is 4.58. The molecule has 6 heteroatoms. The molecule has 0 spiro atoms. The fourth-order valence-electron chi connectivity index (χ4n) is 3.74. The van der Waals surface area contributed by atoms with Crippen LogP contribution in [0.2, 0.25) is 0 Å². The highest BCUT2D eigenvalue weighted by Crippen LogP contribution is 2.27. The molecule has 0 N–H and O–H groups in total. The van der Waals surface area contributed by atoms with Crippen molar-refractivity contribution in [3.8, 4) is 0 Å². The molecule has 1 fully saturated rings. The van der Waals surface area contributed by atoms with Gasteiger partial charge in [-0.05, 0) is 61.3 Å². The monoisotopic (exact) mass is 368 g/mol. The van der Waals surface area contributed by atoms with Gasteiger partial charge in [0.05, 0.1) is 11.3 Å². The molecular weight excluding hydrogens is 344 g/mol. The van der Waals surface area contributed by atoms with Crippen LogP contribution in [0.25, 0.3) is 16.6 Å². The summed E-state index contributed by atoms with van der Waals surface area (Å²) in [5.41, 5.74) is 4.25. The molecule has 4 rings (SSSR count). The molecule has 0 bridgehead atoms. The van der Waals surface area contributed by atoms with Crippen molar-refractivity contribution in [2.75, 3.05) is 18.8 Å². The van der Waals surface area contributed by atoms with Crippen LogP contribution in [0.15, 0.2) is 29.4 Å². The highest BCUT2D eigenvalue weighted by molar-refractivity contribution is 7.99. The zero-order valence-electron chi connectivity index (χ0n) is 15.5. The molecule has 26 heavy (non-hydrogen) atoms. The predicted molar refractivity (Wildman–Crippen MR) is 106 cm³/mol. The zero-order valence-corrected chi connectivity index (χ0v) is 16.3. The molecule has 5 nitrogen and oxygen atoms in total. The maximum absolute atomic E-state index is 12.6. The molecule has 1 aliphatic heterocycles. The van der Waals surface area contributed by atoms with E-state index in [1.54, 1.807) is 0 Å². The quantitative estimate of drug-likeness (QED) is 0.659. The summed E-state index contributed by atoms with van der Waals surface area (Å²) in [6.45, 7) is 8.12. The number of piperidine rings is 1. The summed E-state index contributed by atoms with van der Waals surface area (Å²) in [5, 5.41) is 10.7. The summed E-state index contributed by atoms with van der Waals surface area (Å²) in [5.74, 6) is 1.21. The minimum absolute atomic E-state index is 0.200. The Labute approximate surface area is 157 Å². The second-order valence-corrected chi connectivity index (χ2v) is 8.35. The zero-order chi connectivity index (χ0) is 18.3. The maximum Gasteiger partial charge on any atom is 0.233 e. The Kier molecular flexibility index (Phi) is 4.61. The average Bonchev–Trinajstić information content (AvgIpc) is 3.05. The molecule has 0 unspecified atom stereocenters. The Morgan fingerprint density at radius 3 is 2.92 bits per heavy atom. The lowest BCUT2D eigenvalue weighted by Gasteiger charge is -2.30. The van der Waals surface area contributed by atoms with Gasteiger partial charge in [0.2, 0.25) is 5.91 Å². The number of carbonyl (C=O) groups is 1. The van der Waals surface area contributed by atoms with Gasteiger partial charge in [-0.1, -0.05) is 30.8 Å². The van der Waals surface area contributed by atoms with Gasteiger partial charge in [0, 0.05) is 13.1 Å². The van der Waals surface area contributed by atoms with Gasteiger partial charge in [0.15, 0.2) is 10.8 Å². The summed E-state index contributed by atoms with van der Waals surface area (Å²) in [4.78, 5) is 14.6. The van der Waals surface area contributed by atoms with Gasteiger partial charge in [-0.25, -0.2) is 0 Å². The number of pyridine rings is 1. The third kappa shape index (κ3) is 3.18. The van der Waals surface area contributed by atoms with Crippen LogP contribution in [0.1, 0.15) is 30.9 Å². The first kappa shape index (κ1) is 17.3. The van der Waals surface area contributed by atoms with Crippen LogP contribution in [-0.2, 0) is 4.79 Å². The first-order valence-corrected chi connectivity index (χ1v) is 10.2. The number of aromatic nitrogens is 3. The Bertz CT molecular complexity index is 981. The van der Waals surface area contributed by atoms with E-state index in [4.69, 9.17) is 0 Å². The lowest BCUT2D eigenvalue weighted by Crippen LogP contribution is -2.40. The van der Waals surface area contributed by atoms with Crippen LogP contribution in [0.5, 0.6) is 0 Å². The number of likely N-dealkylation sites (tertiary alicyclic amines) is 1. The number of carbonyl (C=O) groups excluding carboxylic acids is 1. The van der Waals surface area contributed by atoms with Gasteiger partial charge in [-0.15, -0.1) is 10.2 Å². The van der Waals surface area contributed by atoms with Crippen molar-refractivity contribution in [3.05, 3.63) is 35.4 Å². The molecule has 0 radical (unpaired) electrons. The van der Waals surface area contributed by atoms with Gasteiger partial charge in [0.25, 0.3) is 0 Å². The third-order valence-electron chi connectivity index (χ3n) is 5.12. The lowest BCUT2D eigenvalue weighted by atomic mass is 10.0. The highest BCUT2D eigenvalue weighted by atomic mass is 32.2. The second-order valence-electron chi connectivity index (χ2n) is 7.41. The van der Waals surface area contributed by atoms with Crippen molar-refractivity contribution in [2.45, 2.75) is 38.8 Å². The molecule has 1 amide bonds. The molecule has 1 aromatic carbocycles. The van der Waals surface area contributed by atoms with Crippen molar-refractivity contribution < 1.29 is 4.79 Å². The van der Waals surface area contributed by atoms with Gasteiger partial charge < -0.3 is 4.90 Å². The Hall–Kier alpha value is -2.08. The number of fused-ring (bicyclic) bond motifs is 3. The Morgan fingerprint density at radius 2 is 2.12 bits per heavy atom. The van der Waals surface area contributed by atoms with E-state index in [1.807, 2.05) is 4.90 Å². The van der Waals surface area contributed by atoms with E-state index in [-0.39, 0.29) is 5.91 Å². The molecule has 136 valence electrons. The summed E-state index contributed by atoms with van der Waals surface area (Å²) >= 11 is 1.49. The SMILES string of the molecule is Cc1ccc2cc(C)c3nnc(SCC(=O)N4CCC[C@H](C)C4)n3c2c1. The third-order valence-corrected chi connectivity index (χ3v) is 6.03. The maximum atomic E-state index is 12.6. The molecule has 3 heterocycles. The highest BCUT2D eigenvalue weighted by Gasteiger charge is 2.22. The fraction of sp³-hybridized carbons (Fsp3) is 0.450. The standard InChI is InChI=1S/C20H24N4OS/c1-13-6-7-16-10-15(3)19-21-22-20(24(19)17(16)9-13)26-12-18(25)23-8-4-5-14(2)11-23/h6-7,9-10,14H,4-5,8,11-12H2,1-3H3/t14-/m0/s1. The first-order valence-electron chi connectivity index (χ1n) is 9.18. The number of amides is 1. The smallest absolute Gasteiger partial charge is 0.233 e. The van der Waals surface area contributed by atoms with Crippen LogP contribution in [0.3, 0.4) is 0 Å². The summed E-state index contributed by atoms with van der Waals surface area (Å²) in [7, 11) is 0. The number of hydrogen-bond acceptors (Lipinski definition) is 4. The van der Waals surface area contributed by atoms with Gasteiger partial charge >= 0.3 is 0 Å². The number of benzene rings is 1. The molecule has 1 saturated heterocycles. The molecule has 0 aliphatic carbocycles. The summed E-state index contributed by atoms with van der Waals surface area (Å²) < 4.78 is 2.09. The summed E-state index contributed by atoms with van der Waals surface area (Å²) in [6, 6.07) is 8.55. The average molecular weight is 369 g/mol.